The summed E-state index contributed by atoms with van der Waals surface area (Å²) in [7, 11) is 0. The number of hydrogen-bond donors (Lipinski definition) is 2. The van der Waals surface area contributed by atoms with Gasteiger partial charge in [0.05, 0.1) is 0 Å². The fourth-order valence-corrected chi connectivity index (χ4v) is 2.11. The van der Waals surface area contributed by atoms with E-state index in [2.05, 4.69) is 11.9 Å². The standard InChI is InChI=1S/C17H31NO3/c1-2-3-4-5-6-7-8-9-10-11-12-16(19)15-18-14-13-17(20)21/h12,15,19H,2-11,13-14H2,1H3,(H,20,21). The van der Waals surface area contributed by atoms with Gasteiger partial charge in [-0.2, -0.15) is 0 Å². The van der Waals surface area contributed by atoms with Crippen LogP contribution in [0.4, 0.5) is 0 Å². The summed E-state index contributed by atoms with van der Waals surface area (Å²) < 4.78 is 0. The lowest BCUT2D eigenvalue weighted by Crippen LogP contribution is -2.70. The van der Waals surface area contributed by atoms with Crippen LogP contribution in [0.3, 0.4) is 0 Å². The van der Waals surface area contributed by atoms with E-state index >= 15 is 0 Å². The van der Waals surface area contributed by atoms with Gasteiger partial charge >= 0.3 is 0 Å². The number of rotatable bonds is 14. The van der Waals surface area contributed by atoms with Gasteiger partial charge in [-0.05, 0) is 18.9 Å². The first kappa shape index (κ1) is 19.7. The average molecular weight is 297 g/mol. The van der Waals surface area contributed by atoms with Gasteiger partial charge in [-0.25, -0.2) is 4.99 Å². The van der Waals surface area contributed by atoms with Crippen molar-refractivity contribution in [3.8, 4) is 0 Å². The Hall–Kier alpha value is -1.32. The molecule has 0 atom stereocenters. The number of unbranched alkanes of at least 4 members (excludes halogenated alkanes) is 9. The van der Waals surface area contributed by atoms with Crippen LogP contribution in [0.1, 0.15) is 77.6 Å². The summed E-state index contributed by atoms with van der Waals surface area (Å²) in [6.07, 6.45) is 15.6. The summed E-state index contributed by atoms with van der Waals surface area (Å²) in [4.78, 5) is 12.9. The highest BCUT2D eigenvalue weighted by Gasteiger charge is 1.94. The van der Waals surface area contributed by atoms with E-state index in [4.69, 9.17) is 0 Å². The molecule has 0 aromatic heterocycles. The van der Waals surface area contributed by atoms with E-state index in [1.165, 1.54) is 57.6 Å². The van der Waals surface area contributed by atoms with Crippen LogP contribution in [0, 0.1) is 0 Å². The zero-order valence-corrected chi connectivity index (χ0v) is 13.4. The second kappa shape index (κ2) is 15.1. The smallest absolute Gasteiger partial charge is 0.203 e. The lowest BCUT2D eigenvalue weighted by Gasteiger charge is -2.00. The molecule has 0 aliphatic heterocycles. The minimum absolute atomic E-state index is 0.0535. The van der Waals surface area contributed by atoms with Crippen molar-refractivity contribution in [2.24, 2.45) is 0 Å². The van der Waals surface area contributed by atoms with Crippen LogP contribution in [-0.4, -0.2) is 23.8 Å². The minimum Gasteiger partial charge on any atom is -0.550 e. The first-order chi connectivity index (χ1) is 10.2. The molecule has 0 amide bonds. The molecule has 0 aliphatic rings. The second-order valence-corrected chi connectivity index (χ2v) is 5.47. The van der Waals surface area contributed by atoms with E-state index in [-0.39, 0.29) is 18.7 Å². The average Bonchev–Trinajstić information content (AvgIpc) is 2.45. The van der Waals surface area contributed by atoms with Crippen molar-refractivity contribution in [1.29, 1.82) is 0 Å². The summed E-state index contributed by atoms with van der Waals surface area (Å²) in [5.41, 5.74) is 0. The molecule has 2 N–H and O–H groups in total. The van der Waals surface area contributed by atoms with Crippen LogP contribution in [0.15, 0.2) is 11.8 Å². The fourth-order valence-electron chi connectivity index (χ4n) is 2.11. The summed E-state index contributed by atoms with van der Waals surface area (Å²) in [5.74, 6) is -0.915. The van der Waals surface area contributed by atoms with Gasteiger partial charge in [0.15, 0.2) is 5.76 Å². The molecular formula is C17H31NO3. The maximum atomic E-state index is 10.2. The summed E-state index contributed by atoms with van der Waals surface area (Å²) in [6.45, 7) is 2.51. The Balaban J connectivity index is 3.39. The molecule has 4 heteroatoms. The van der Waals surface area contributed by atoms with Crippen molar-refractivity contribution in [2.75, 3.05) is 6.54 Å². The Bertz CT molecular complexity index is 311. The molecule has 4 nitrogen and oxygen atoms in total. The van der Waals surface area contributed by atoms with Gasteiger partial charge in [0.25, 0.3) is 0 Å². The number of aliphatic hydroxyl groups excluding tert-OH is 1. The van der Waals surface area contributed by atoms with Crippen molar-refractivity contribution >= 4 is 12.2 Å². The number of carboxylic acid groups (broad SMARTS) is 1. The molecule has 0 unspecified atom stereocenters. The van der Waals surface area contributed by atoms with E-state index in [1.54, 1.807) is 6.08 Å². The van der Waals surface area contributed by atoms with E-state index in [9.17, 15) is 15.0 Å². The molecule has 0 aliphatic carbocycles. The maximum absolute atomic E-state index is 10.2. The normalized spacial score (nSPS) is 12.1. The Morgan fingerprint density at radius 3 is 2.19 bits per heavy atom. The molecule has 0 aromatic carbocycles. The number of hydrogen-bond acceptors (Lipinski definition) is 3. The Kier molecular flexibility index (Phi) is 14.1. The molecular weight excluding hydrogens is 266 g/mol. The zero-order chi connectivity index (χ0) is 15.8. The van der Waals surface area contributed by atoms with E-state index in [0.717, 1.165) is 12.8 Å². The largest absolute Gasteiger partial charge is 0.550 e. The highest BCUT2D eigenvalue weighted by atomic mass is 16.4. The van der Waals surface area contributed by atoms with Gasteiger partial charge in [-0.15, -0.1) is 0 Å². The lowest BCUT2D eigenvalue weighted by molar-refractivity contribution is -0.453. The Labute approximate surface area is 129 Å². The topological polar surface area (TPSA) is 74.3 Å². The number of aliphatic carboxylic acids is 1. The number of carboxylic acids is 1. The Morgan fingerprint density at radius 1 is 1.05 bits per heavy atom. The third kappa shape index (κ3) is 16.6. The molecule has 21 heavy (non-hydrogen) atoms. The molecule has 0 rings (SSSR count). The van der Waals surface area contributed by atoms with Gasteiger partial charge in [-0.3, -0.25) is 0 Å². The third-order valence-electron chi connectivity index (χ3n) is 3.38. The number of carbonyl (C=O) groups is 1. The maximum Gasteiger partial charge on any atom is 0.203 e. The summed E-state index contributed by atoms with van der Waals surface area (Å²) >= 11 is 0. The fraction of sp³-hybridized carbons (Fsp3) is 0.765. The predicted molar refractivity (Wildman–Crippen MR) is 84.1 cm³/mol. The molecule has 0 spiro atoms. The number of carbonyl (C=O) groups excluding carboxylic acids is 1. The molecule has 0 heterocycles. The van der Waals surface area contributed by atoms with Gasteiger partial charge in [0.1, 0.15) is 6.54 Å². The van der Waals surface area contributed by atoms with E-state index in [1.807, 2.05) is 0 Å². The number of allylic oxidation sites excluding steroid dienone is 2. The van der Waals surface area contributed by atoms with Crippen LogP contribution >= 0.6 is 0 Å². The highest BCUT2D eigenvalue weighted by molar-refractivity contribution is 5.70. The van der Waals surface area contributed by atoms with Gasteiger partial charge < -0.3 is 15.0 Å². The van der Waals surface area contributed by atoms with Gasteiger partial charge in [0.2, 0.25) is 6.21 Å². The SMILES string of the molecule is CCCCCCCCCCCC=C(O)C=[NH+]CCC(=O)[O-]. The van der Waals surface area contributed by atoms with E-state index < -0.39 is 5.97 Å². The van der Waals surface area contributed by atoms with Crippen molar-refractivity contribution in [1.82, 2.24) is 0 Å². The van der Waals surface area contributed by atoms with Gasteiger partial charge in [0, 0.05) is 12.4 Å². The van der Waals surface area contributed by atoms with Crippen LogP contribution in [0.2, 0.25) is 0 Å². The van der Waals surface area contributed by atoms with Crippen LogP contribution in [0.25, 0.3) is 0 Å². The third-order valence-corrected chi connectivity index (χ3v) is 3.38. The molecule has 0 fully saturated rings. The van der Waals surface area contributed by atoms with Crippen molar-refractivity contribution in [2.45, 2.75) is 77.6 Å². The molecule has 0 aromatic rings. The number of aliphatic hydroxyl groups is 1. The minimum atomic E-state index is -1.09. The first-order valence-corrected chi connectivity index (χ1v) is 8.32. The molecule has 122 valence electrons. The van der Waals surface area contributed by atoms with E-state index in [0.29, 0.717) is 0 Å². The Morgan fingerprint density at radius 2 is 1.62 bits per heavy atom. The highest BCUT2D eigenvalue weighted by Crippen LogP contribution is 2.10. The molecule has 0 bridgehead atoms. The predicted octanol–water partition coefficient (Wildman–Crippen LogP) is 1.64. The summed E-state index contributed by atoms with van der Waals surface area (Å²) in [5, 5.41) is 19.7. The van der Waals surface area contributed by atoms with Crippen molar-refractivity contribution in [3.05, 3.63) is 11.8 Å². The molecule has 0 radical (unpaired) electrons. The van der Waals surface area contributed by atoms with Gasteiger partial charge in [-0.1, -0.05) is 58.3 Å². The first-order valence-electron chi connectivity index (χ1n) is 8.32. The summed E-state index contributed by atoms with van der Waals surface area (Å²) in [6, 6.07) is 0. The van der Waals surface area contributed by atoms with Crippen LogP contribution < -0.4 is 10.1 Å². The van der Waals surface area contributed by atoms with Crippen LogP contribution in [-0.2, 0) is 4.79 Å². The second-order valence-electron chi connectivity index (χ2n) is 5.47. The lowest BCUT2D eigenvalue weighted by atomic mass is 10.1. The zero-order valence-electron chi connectivity index (χ0n) is 13.4. The van der Waals surface area contributed by atoms with Crippen molar-refractivity contribution < 1.29 is 20.0 Å². The number of nitrogens with one attached hydrogen (secondary N) is 1. The monoisotopic (exact) mass is 297 g/mol. The molecule has 0 saturated heterocycles. The quantitative estimate of drug-likeness (QED) is 0.291. The van der Waals surface area contributed by atoms with Crippen molar-refractivity contribution in [3.63, 3.8) is 0 Å². The molecule has 0 saturated carbocycles. The van der Waals surface area contributed by atoms with Crippen LogP contribution in [0.5, 0.6) is 0 Å².